The van der Waals surface area contributed by atoms with Gasteiger partial charge in [-0.2, -0.15) is 0 Å². The van der Waals surface area contributed by atoms with Gasteiger partial charge in [0, 0.05) is 13.0 Å². The first-order valence-corrected chi connectivity index (χ1v) is 5.53. The third kappa shape index (κ3) is 1.60. The summed E-state index contributed by atoms with van der Waals surface area (Å²) in [4.78, 5) is 0. The van der Waals surface area contributed by atoms with Crippen LogP contribution in [0, 0.1) is 5.92 Å². The average Bonchev–Trinajstić information content (AvgIpc) is 2.59. The second kappa shape index (κ2) is 3.42. The van der Waals surface area contributed by atoms with E-state index in [1.54, 1.807) is 7.11 Å². The van der Waals surface area contributed by atoms with Gasteiger partial charge in [-0.15, -0.1) is 0 Å². The molecule has 0 aromatic carbocycles. The molecule has 2 aliphatic rings. The lowest BCUT2D eigenvalue weighted by Crippen LogP contribution is -2.40. The maximum absolute atomic E-state index is 5.85. The summed E-state index contributed by atoms with van der Waals surface area (Å²) in [6.45, 7) is 7.94. The Kier molecular flexibility index (Phi) is 2.58. The lowest BCUT2D eigenvalue weighted by Gasteiger charge is -2.33. The van der Waals surface area contributed by atoms with Crippen molar-refractivity contribution in [1.29, 1.82) is 0 Å². The van der Waals surface area contributed by atoms with Crippen molar-refractivity contribution in [3.05, 3.63) is 0 Å². The Labute approximate surface area is 90.8 Å². The molecule has 0 unspecified atom stereocenters. The normalized spacial score (nSPS) is 48.2. The summed E-state index contributed by atoms with van der Waals surface area (Å²) in [6.07, 6.45) is 0.472. The Morgan fingerprint density at radius 3 is 2.33 bits per heavy atom. The van der Waals surface area contributed by atoms with Gasteiger partial charge in [-0.1, -0.05) is 13.8 Å². The number of fused-ring (bicyclic) bond motifs is 1. The summed E-state index contributed by atoms with van der Waals surface area (Å²) in [6, 6.07) is 0. The third-order valence-corrected chi connectivity index (χ3v) is 3.43. The van der Waals surface area contributed by atoms with Gasteiger partial charge in [-0.05, 0) is 20.3 Å². The van der Waals surface area contributed by atoms with Crippen molar-refractivity contribution in [2.45, 2.75) is 58.1 Å². The van der Waals surface area contributed by atoms with E-state index < -0.39 is 11.6 Å². The number of hydrogen-bond acceptors (Lipinski definition) is 4. The average molecular weight is 216 g/mol. The van der Waals surface area contributed by atoms with Crippen molar-refractivity contribution in [2.75, 3.05) is 7.11 Å². The topological polar surface area (TPSA) is 36.9 Å². The van der Waals surface area contributed by atoms with E-state index in [0.717, 1.165) is 6.42 Å². The van der Waals surface area contributed by atoms with Crippen LogP contribution >= 0.6 is 0 Å². The van der Waals surface area contributed by atoms with E-state index in [1.807, 2.05) is 20.8 Å². The van der Waals surface area contributed by atoms with Crippen molar-refractivity contribution in [3.8, 4) is 0 Å². The Hall–Kier alpha value is -0.160. The van der Waals surface area contributed by atoms with Crippen LogP contribution < -0.4 is 0 Å². The molecule has 0 spiro atoms. The molecule has 0 saturated carbocycles. The number of methoxy groups -OCH3 is 1. The van der Waals surface area contributed by atoms with Crippen LogP contribution in [0.3, 0.4) is 0 Å². The van der Waals surface area contributed by atoms with Crippen LogP contribution in [0.5, 0.6) is 0 Å². The summed E-state index contributed by atoms with van der Waals surface area (Å²) in [5, 5.41) is 0. The fourth-order valence-corrected chi connectivity index (χ4v) is 2.52. The predicted molar refractivity (Wildman–Crippen MR) is 54.1 cm³/mol. The molecule has 4 atom stereocenters. The maximum atomic E-state index is 5.85. The van der Waals surface area contributed by atoms with Crippen molar-refractivity contribution >= 4 is 0 Å². The van der Waals surface area contributed by atoms with Gasteiger partial charge in [0.15, 0.2) is 17.9 Å². The molecule has 88 valence electrons. The van der Waals surface area contributed by atoms with Gasteiger partial charge in [0.1, 0.15) is 6.10 Å². The molecule has 0 bridgehead atoms. The second-order valence-corrected chi connectivity index (χ2v) is 4.74. The lowest BCUT2D eigenvalue weighted by atomic mass is 9.95. The molecule has 0 aromatic rings. The molecule has 4 nitrogen and oxygen atoms in total. The number of ether oxygens (including phenoxy) is 4. The highest BCUT2D eigenvalue weighted by atomic mass is 16.9. The zero-order valence-electron chi connectivity index (χ0n) is 10.1. The quantitative estimate of drug-likeness (QED) is 0.706. The minimum absolute atomic E-state index is 0.0279. The van der Waals surface area contributed by atoms with Crippen LogP contribution in [-0.2, 0) is 18.9 Å². The molecule has 0 aromatic heterocycles. The summed E-state index contributed by atoms with van der Waals surface area (Å²) in [5.41, 5.74) is 0. The molecule has 0 N–H and O–H groups in total. The molecule has 2 heterocycles. The first kappa shape index (κ1) is 11.3. The van der Waals surface area contributed by atoms with Crippen LogP contribution in [-0.4, -0.2) is 31.1 Å². The summed E-state index contributed by atoms with van der Waals surface area (Å²) < 4.78 is 22.8. The van der Waals surface area contributed by atoms with Crippen molar-refractivity contribution in [2.24, 2.45) is 5.92 Å². The number of rotatable bonds is 2. The fraction of sp³-hybridized carbons (Fsp3) is 1.00. The summed E-state index contributed by atoms with van der Waals surface area (Å²) in [7, 11) is 1.67. The Morgan fingerprint density at radius 2 is 1.87 bits per heavy atom. The van der Waals surface area contributed by atoms with Gasteiger partial charge in [0.25, 0.3) is 0 Å². The Bertz CT molecular complexity index is 247. The Morgan fingerprint density at radius 1 is 1.20 bits per heavy atom. The lowest BCUT2D eigenvalue weighted by molar-refractivity contribution is -0.299. The first-order valence-electron chi connectivity index (χ1n) is 5.53. The van der Waals surface area contributed by atoms with Crippen molar-refractivity contribution < 1.29 is 18.9 Å². The van der Waals surface area contributed by atoms with Crippen LogP contribution in [0.4, 0.5) is 0 Å². The molecule has 2 aliphatic heterocycles. The van der Waals surface area contributed by atoms with E-state index in [0.29, 0.717) is 0 Å². The highest BCUT2D eigenvalue weighted by molar-refractivity contribution is 4.94. The molecule has 2 rings (SSSR count). The summed E-state index contributed by atoms with van der Waals surface area (Å²) >= 11 is 0. The van der Waals surface area contributed by atoms with E-state index in [1.165, 1.54) is 0 Å². The van der Waals surface area contributed by atoms with E-state index in [9.17, 15) is 0 Å². The fourth-order valence-electron chi connectivity index (χ4n) is 2.52. The van der Waals surface area contributed by atoms with Gasteiger partial charge in [0.05, 0.1) is 0 Å². The van der Waals surface area contributed by atoms with Gasteiger partial charge >= 0.3 is 0 Å². The third-order valence-electron chi connectivity index (χ3n) is 3.43. The molecule has 2 fully saturated rings. The minimum Gasteiger partial charge on any atom is -0.353 e. The monoisotopic (exact) mass is 216 g/mol. The van der Waals surface area contributed by atoms with Crippen LogP contribution in [0.1, 0.15) is 34.1 Å². The highest BCUT2D eigenvalue weighted by Crippen LogP contribution is 2.47. The SMILES string of the molecule is CC[C@@]1(OC)O[C@@H]2OC(C)(C)O[C@@H]2[C@@H]1C. The maximum Gasteiger partial charge on any atom is 0.190 e. The predicted octanol–water partition coefficient (Wildman–Crippen LogP) is 1.88. The summed E-state index contributed by atoms with van der Waals surface area (Å²) in [5.74, 6) is -0.914. The molecule has 0 amide bonds. The zero-order chi connectivity index (χ0) is 11.3. The molecular formula is C11H20O4. The van der Waals surface area contributed by atoms with Crippen LogP contribution in [0.2, 0.25) is 0 Å². The largest absolute Gasteiger partial charge is 0.353 e. The molecule has 2 saturated heterocycles. The van der Waals surface area contributed by atoms with Crippen molar-refractivity contribution in [3.63, 3.8) is 0 Å². The van der Waals surface area contributed by atoms with E-state index in [-0.39, 0.29) is 18.3 Å². The molecule has 4 heteroatoms. The second-order valence-electron chi connectivity index (χ2n) is 4.74. The highest BCUT2D eigenvalue weighted by Gasteiger charge is 2.59. The van der Waals surface area contributed by atoms with Gasteiger partial charge < -0.3 is 18.9 Å². The smallest absolute Gasteiger partial charge is 0.190 e. The zero-order valence-corrected chi connectivity index (χ0v) is 10.1. The van der Waals surface area contributed by atoms with Crippen molar-refractivity contribution in [1.82, 2.24) is 0 Å². The van der Waals surface area contributed by atoms with Gasteiger partial charge in [-0.25, -0.2) is 0 Å². The van der Waals surface area contributed by atoms with E-state index >= 15 is 0 Å². The number of hydrogen-bond donors (Lipinski definition) is 0. The van der Waals surface area contributed by atoms with Crippen LogP contribution in [0.25, 0.3) is 0 Å². The standard InChI is InChI=1S/C11H20O4/c1-6-11(12-5)7(2)8-9(15-11)14-10(3,4)13-8/h7-9H,6H2,1-5H3/t7-,8+,9-,11+/m0/s1. The van der Waals surface area contributed by atoms with Crippen LogP contribution in [0.15, 0.2) is 0 Å². The Balaban J connectivity index is 2.17. The molecule has 0 radical (unpaired) electrons. The van der Waals surface area contributed by atoms with E-state index in [2.05, 4.69) is 6.92 Å². The van der Waals surface area contributed by atoms with Gasteiger partial charge in [0.2, 0.25) is 0 Å². The molecule has 15 heavy (non-hydrogen) atoms. The molecule has 0 aliphatic carbocycles. The molecular weight excluding hydrogens is 196 g/mol. The van der Waals surface area contributed by atoms with E-state index in [4.69, 9.17) is 18.9 Å². The van der Waals surface area contributed by atoms with Gasteiger partial charge in [-0.3, -0.25) is 0 Å². The first-order chi connectivity index (χ1) is 6.94. The minimum atomic E-state index is -0.550.